The third kappa shape index (κ3) is 2.83. The molecule has 3 heterocycles. The molecule has 1 atom stereocenters. The minimum Gasteiger partial charge on any atom is -0.381 e. The van der Waals surface area contributed by atoms with Gasteiger partial charge in [-0.1, -0.05) is 0 Å². The van der Waals surface area contributed by atoms with Gasteiger partial charge in [-0.3, -0.25) is 9.58 Å². The van der Waals surface area contributed by atoms with Crippen LogP contribution in [0.15, 0.2) is 12.4 Å². The Kier molecular flexibility index (Phi) is 3.77. The Bertz CT molecular complexity index is 674. The van der Waals surface area contributed by atoms with Crippen molar-refractivity contribution in [2.24, 2.45) is 18.9 Å². The van der Waals surface area contributed by atoms with Crippen molar-refractivity contribution in [1.29, 1.82) is 0 Å². The molecule has 0 unspecified atom stereocenters. The van der Waals surface area contributed by atoms with Gasteiger partial charge >= 0.3 is 0 Å². The van der Waals surface area contributed by atoms with Crippen LogP contribution in [0.1, 0.15) is 24.8 Å². The fraction of sp³-hybridized carbons (Fsp3) is 0.812. The zero-order chi connectivity index (χ0) is 16.1. The van der Waals surface area contributed by atoms with Crippen LogP contribution in [0.4, 0.5) is 0 Å². The minimum atomic E-state index is -3.00. The van der Waals surface area contributed by atoms with Crippen LogP contribution in [0.5, 0.6) is 0 Å². The van der Waals surface area contributed by atoms with Crippen LogP contribution in [0.2, 0.25) is 0 Å². The molecule has 0 aromatic carbocycles. The van der Waals surface area contributed by atoms with Crippen molar-refractivity contribution in [1.82, 2.24) is 14.7 Å². The van der Waals surface area contributed by atoms with Crippen molar-refractivity contribution in [2.45, 2.75) is 30.6 Å². The van der Waals surface area contributed by atoms with E-state index in [9.17, 15) is 8.42 Å². The molecule has 1 aromatic rings. The van der Waals surface area contributed by atoms with E-state index >= 15 is 0 Å². The molecule has 1 spiro atoms. The number of ether oxygens (including phenoxy) is 1. The Hall–Kier alpha value is -0.920. The first-order chi connectivity index (χ1) is 11.0. The van der Waals surface area contributed by atoms with E-state index in [1.54, 1.807) is 4.68 Å². The quantitative estimate of drug-likeness (QED) is 0.768. The summed E-state index contributed by atoms with van der Waals surface area (Å²) in [6, 6.07) is 0. The fourth-order valence-electron chi connectivity index (χ4n) is 4.00. The summed E-state index contributed by atoms with van der Waals surface area (Å²) in [7, 11) is -1.10. The number of likely N-dealkylation sites (tertiary alicyclic amines) is 1. The first-order valence-corrected chi connectivity index (χ1v) is 10.1. The lowest BCUT2D eigenvalue weighted by molar-refractivity contribution is 0.0227. The highest BCUT2D eigenvalue weighted by molar-refractivity contribution is 7.93. The van der Waals surface area contributed by atoms with Gasteiger partial charge in [-0.05, 0) is 25.2 Å². The lowest BCUT2D eigenvalue weighted by Gasteiger charge is -2.50. The van der Waals surface area contributed by atoms with E-state index in [0.29, 0.717) is 25.4 Å². The van der Waals surface area contributed by atoms with E-state index in [2.05, 4.69) is 10.00 Å². The molecule has 1 saturated carbocycles. The van der Waals surface area contributed by atoms with Crippen molar-refractivity contribution in [3.8, 4) is 0 Å². The number of sulfone groups is 1. The summed E-state index contributed by atoms with van der Waals surface area (Å²) < 4.78 is 32.2. The van der Waals surface area contributed by atoms with Gasteiger partial charge in [0.1, 0.15) is 4.75 Å². The van der Waals surface area contributed by atoms with E-state index < -0.39 is 14.6 Å². The van der Waals surface area contributed by atoms with Crippen molar-refractivity contribution in [3.63, 3.8) is 0 Å². The third-order valence-electron chi connectivity index (χ3n) is 5.61. The Morgan fingerprint density at radius 1 is 1.30 bits per heavy atom. The van der Waals surface area contributed by atoms with Crippen LogP contribution in [0.3, 0.4) is 0 Å². The Labute approximate surface area is 137 Å². The van der Waals surface area contributed by atoms with Crippen molar-refractivity contribution < 1.29 is 13.2 Å². The predicted molar refractivity (Wildman–Crippen MR) is 86.7 cm³/mol. The van der Waals surface area contributed by atoms with Gasteiger partial charge in [0.05, 0.1) is 18.6 Å². The SMILES string of the molecule is Cn1cc(CN2CC3(C2)[C@@H](COCC2CC2)CCS3(=O)=O)cn1. The molecule has 0 N–H and O–H groups in total. The predicted octanol–water partition coefficient (Wildman–Crippen LogP) is 0.836. The second-order valence-corrected chi connectivity index (χ2v) is 9.97. The molecule has 4 rings (SSSR count). The molecule has 6 nitrogen and oxygen atoms in total. The van der Waals surface area contributed by atoms with Crippen molar-refractivity contribution in [3.05, 3.63) is 18.0 Å². The van der Waals surface area contributed by atoms with Gasteiger partial charge in [0, 0.05) is 51.0 Å². The molecule has 23 heavy (non-hydrogen) atoms. The van der Waals surface area contributed by atoms with Crippen LogP contribution in [0, 0.1) is 11.8 Å². The highest BCUT2D eigenvalue weighted by atomic mass is 32.2. The van der Waals surface area contributed by atoms with Crippen LogP contribution in [-0.4, -0.2) is 59.9 Å². The molecule has 0 bridgehead atoms. The van der Waals surface area contributed by atoms with E-state index in [-0.39, 0.29) is 5.92 Å². The molecule has 128 valence electrons. The van der Waals surface area contributed by atoms with Gasteiger partial charge in [-0.2, -0.15) is 5.10 Å². The smallest absolute Gasteiger partial charge is 0.158 e. The summed E-state index contributed by atoms with van der Waals surface area (Å²) in [6.45, 7) is 3.48. The van der Waals surface area contributed by atoms with E-state index in [4.69, 9.17) is 4.74 Å². The lowest BCUT2D eigenvalue weighted by atomic mass is 9.83. The van der Waals surface area contributed by atoms with Gasteiger partial charge in [0.15, 0.2) is 9.84 Å². The maximum absolute atomic E-state index is 12.6. The summed E-state index contributed by atoms with van der Waals surface area (Å²) in [4.78, 5) is 2.22. The number of aryl methyl sites for hydroxylation is 1. The second kappa shape index (κ2) is 5.57. The molecule has 1 aromatic heterocycles. The van der Waals surface area contributed by atoms with Gasteiger partial charge in [-0.25, -0.2) is 8.42 Å². The standard InChI is InChI=1S/C16H25N3O3S/c1-18-7-14(6-17-18)8-19-11-16(12-19)15(4-5-23(16,20)21)10-22-9-13-2-3-13/h6-7,13,15H,2-5,8-12H2,1H3/t15-/m1/s1. The fourth-order valence-corrected chi connectivity index (χ4v) is 6.46. The summed E-state index contributed by atoms with van der Waals surface area (Å²) in [5, 5.41) is 4.18. The molecule has 2 aliphatic heterocycles. The lowest BCUT2D eigenvalue weighted by Crippen LogP contribution is -2.67. The van der Waals surface area contributed by atoms with Gasteiger partial charge in [0.2, 0.25) is 0 Å². The Morgan fingerprint density at radius 3 is 2.74 bits per heavy atom. The van der Waals surface area contributed by atoms with Crippen LogP contribution in [-0.2, 0) is 28.2 Å². The molecule has 3 fully saturated rings. The largest absolute Gasteiger partial charge is 0.381 e. The van der Waals surface area contributed by atoms with Crippen LogP contribution < -0.4 is 0 Å². The summed E-state index contributed by atoms with van der Waals surface area (Å²) in [6.07, 6.45) is 7.14. The number of hydrogen-bond donors (Lipinski definition) is 0. The first kappa shape index (κ1) is 15.6. The maximum Gasteiger partial charge on any atom is 0.158 e. The second-order valence-electron chi connectivity index (χ2n) is 7.52. The third-order valence-corrected chi connectivity index (χ3v) is 8.22. The Morgan fingerprint density at radius 2 is 2.09 bits per heavy atom. The summed E-state index contributed by atoms with van der Waals surface area (Å²) >= 11 is 0. The number of aromatic nitrogens is 2. The van der Waals surface area contributed by atoms with E-state index in [0.717, 1.165) is 31.1 Å². The molecule has 1 aliphatic carbocycles. The van der Waals surface area contributed by atoms with E-state index in [1.807, 2.05) is 19.4 Å². The average Bonchev–Trinajstić information content (AvgIpc) is 3.13. The molecular formula is C16H25N3O3S. The zero-order valence-electron chi connectivity index (χ0n) is 13.6. The van der Waals surface area contributed by atoms with Crippen LogP contribution in [0.25, 0.3) is 0 Å². The van der Waals surface area contributed by atoms with Crippen molar-refractivity contribution in [2.75, 3.05) is 32.1 Å². The molecule has 0 radical (unpaired) electrons. The molecule has 0 amide bonds. The number of rotatable bonds is 6. The summed E-state index contributed by atoms with van der Waals surface area (Å²) in [5.41, 5.74) is 1.14. The molecule has 7 heteroatoms. The number of hydrogen-bond acceptors (Lipinski definition) is 5. The van der Waals surface area contributed by atoms with Crippen molar-refractivity contribution >= 4 is 9.84 Å². The van der Waals surface area contributed by atoms with Gasteiger partial charge in [-0.15, -0.1) is 0 Å². The minimum absolute atomic E-state index is 0.163. The monoisotopic (exact) mass is 339 g/mol. The molecule has 2 saturated heterocycles. The zero-order valence-corrected chi connectivity index (χ0v) is 14.5. The maximum atomic E-state index is 12.6. The Balaban J connectivity index is 1.38. The first-order valence-electron chi connectivity index (χ1n) is 8.48. The topological polar surface area (TPSA) is 64.4 Å². The highest BCUT2D eigenvalue weighted by Gasteiger charge is 2.61. The van der Waals surface area contributed by atoms with E-state index in [1.165, 1.54) is 12.8 Å². The molecule has 3 aliphatic rings. The van der Waals surface area contributed by atoms with Gasteiger partial charge < -0.3 is 4.74 Å². The summed E-state index contributed by atoms with van der Waals surface area (Å²) in [5.74, 6) is 1.22. The highest BCUT2D eigenvalue weighted by Crippen LogP contribution is 2.45. The van der Waals surface area contributed by atoms with Crippen LogP contribution >= 0.6 is 0 Å². The average molecular weight is 339 g/mol. The normalized spacial score (nSPS) is 29.0. The number of nitrogens with zero attached hydrogens (tertiary/aromatic N) is 3. The van der Waals surface area contributed by atoms with Gasteiger partial charge in [0.25, 0.3) is 0 Å². The molecular weight excluding hydrogens is 314 g/mol.